The van der Waals surface area contributed by atoms with E-state index in [9.17, 15) is 4.79 Å². The molecule has 24 heavy (non-hydrogen) atoms. The number of benzene rings is 1. The predicted octanol–water partition coefficient (Wildman–Crippen LogP) is 0.641. The second-order valence-electron chi connectivity index (χ2n) is 6.48. The van der Waals surface area contributed by atoms with Gasteiger partial charge in [-0.15, -0.1) is 0 Å². The van der Waals surface area contributed by atoms with Gasteiger partial charge in [-0.25, -0.2) is 0 Å². The first kappa shape index (κ1) is 18.8. The first-order valence-electron chi connectivity index (χ1n) is 8.03. The molecule has 1 fully saturated rings. The molecule has 0 aliphatic carbocycles. The van der Waals surface area contributed by atoms with Crippen LogP contribution in [0.4, 0.5) is 0 Å². The fourth-order valence-corrected chi connectivity index (χ4v) is 3.97. The van der Waals surface area contributed by atoms with Crippen LogP contribution in [-0.2, 0) is 4.79 Å². The first-order chi connectivity index (χ1) is 11.0. The second kappa shape index (κ2) is 8.04. The zero-order chi connectivity index (χ0) is 16.4. The van der Waals surface area contributed by atoms with Gasteiger partial charge in [0.2, 0.25) is 5.91 Å². The van der Waals surface area contributed by atoms with Gasteiger partial charge in [-0.05, 0) is 24.5 Å². The number of carbonyl (C=O) groups is 1. The van der Waals surface area contributed by atoms with Gasteiger partial charge in [0.25, 0.3) is 5.50 Å². The van der Waals surface area contributed by atoms with Crippen LogP contribution >= 0.6 is 11.8 Å². The quantitative estimate of drug-likeness (QED) is 0.745. The van der Waals surface area contributed by atoms with Crippen LogP contribution in [0.25, 0.3) is 11.1 Å². The molecule has 0 spiro atoms. The summed E-state index contributed by atoms with van der Waals surface area (Å²) in [5, 5.41) is 0. The van der Waals surface area contributed by atoms with E-state index in [1.807, 2.05) is 4.90 Å². The van der Waals surface area contributed by atoms with Crippen LogP contribution in [0.3, 0.4) is 0 Å². The Hall–Kier alpha value is -1.52. The molecular formula is C19H23ClN2OS. The number of carbonyl (C=O) groups excluding carboxylic acids is 1. The monoisotopic (exact) mass is 362 g/mol. The number of rotatable bonds is 4. The molecule has 2 aromatic rings. The fourth-order valence-electron chi connectivity index (χ4n) is 2.82. The number of hydrogen-bond acceptors (Lipinski definition) is 2. The van der Waals surface area contributed by atoms with E-state index in [4.69, 9.17) is 0 Å². The van der Waals surface area contributed by atoms with Gasteiger partial charge in [0.1, 0.15) is 0 Å². The molecule has 1 atom stereocenters. The molecule has 128 valence electrons. The van der Waals surface area contributed by atoms with E-state index in [1.54, 1.807) is 11.8 Å². The average Bonchev–Trinajstić information content (AvgIpc) is 2.89. The van der Waals surface area contributed by atoms with Gasteiger partial charge in [0.15, 0.2) is 12.4 Å². The summed E-state index contributed by atoms with van der Waals surface area (Å²) in [6, 6.07) is 12.7. The van der Waals surface area contributed by atoms with Crippen LogP contribution < -0.4 is 17.0 Å². The van der Waals surface area contributed by atoms with Crippen molar-refractivity contribution in [2.24, 2.45) is 5.92 Å². The number of nitrogens with zero attached hydrogens (tertiary/aromatic N) is 2. The van der Waals surface area contributed by atoms with Gasteiger partial charge in [-0.3, -0.25) is 9.69 Å². The maximum Gasteiger partial charge on any atom is 0.285 e. The Labute approximate surface area is 154 Å². The van der Waals surface area contributed by atoms with Crippen molar-refractivity contribution < 1.29 is 21.8 Å². The van der Waals surface area contributed by atoms with Crippen LogP contribution in [-0.4, -0.2) is 23.1 Å². The molecule has 0 radical (unpaired) electrons. The van der Waals surface area contributed by atoms with E-state index >= 15 is 0 Å². The van der Waals surface area contributed by atoms with Gasteiger partial charge in [0.05, 0.1) is 5.75 Å². The number of hydrogen-bond donors (Lipinski definition) is 0. The molecule has 1 aromatic carbocycles. The minimum Gasteiger partial charge on any atom is -1.00 e. The lowest BCUT2D eigenvalue weighted by atomic mass is 10.1. The minimum atomic E-state index is 0. The van der Waals surface area contributed by atoms with Crippen molar-refractivity contribution in [1.82, 2.24) is 4.90 Å². The molecule has 3 nitrogen and oxygen atoms in total. The van der Waals surface area contributed by atoms with Crippen molar-refractivity contribution in [3.05, 3.63) is 54.4 Å². The van der Waals surface area contributed by atoms with E-state index in [0.29, 0.717) is 11.7 Å². The molecule has 0 N–H and O–H groups in total. The van der Waals surface area contributed by atoms with Gasteiger partial charge in [0, 0.05) is 18.2 Å². The summed E-state index contributed by atoms with van der Waals surface area (Å²) in [5.41, 5.74) is 3.71. The van der Waals surface area contributed by atoms with Crippen LogP contribution in [0.1, 0.15) is 24.9 Å². The van der Waals surface area contributed by atoms with E-state index in [-0.39, 0.29) is 23.8 Å². The third-order valence-electron chi connectivity index (χ3n) is 3.97. The van der Waals surface area contributed by atoms with E-state index in [1.165, 1.54) is 16.7 Å². The highest BCUT2D eigenvalue weighted by molar-refractivity contribution is 8.00. The highest BCUT2D eigenvalue weighted by Gasteiger charge is 2.38. The molecule has 1 aromatic heterocycles. The Morgan fingerprint density at radius 3 is 2.58 bits per heavy atom. The summed E-state index contributed by atoms with van der Waals surface area (Å²) in [6.07, 6.45) is 4.20. The highest BCUT2D eigenvalue weighted by atomic mass is 35.5. The van der Waals surface area contributed by atoms with Crippen molar-refractivity contribution in [2.45, 2.75) is 26.3 Å². The molecule has 2 heterocycles. The predicted molar refractivity (Wildman–Crippen MR) is 94.9 cm³/mol. The topological polar surface area (TPSA) is 24.2 Å². The molecule has 1 unspecified atom stereocenters. The summed E-state index contributed by atoms with van der Waals surface area (Å²) in [4.78, 5) is 14.2. The lowest BCUT2D eigenvalue weighted by molar-refractivity contribution is -0.714. The van der Waals surface area contributed by atoms with Gasteiger partial charge in [-0.1, -0.05) is 55.4 Å². The third kappa shape index (κ3) is 4.11. The Morgan fingerprint density at radius 2 is 1.92 bits per heavy atom. The van der Waals surface area contributed by atoms with Crippen LogP contribution in [0, 0.1) is 12.8 Å². The van der Waals surface area contributed by atoms with E-state index in [0.717, 1.165) is 6.54 Å². The van der Waals surface area contributed by atoms with Gasteiger partial charge >= 0.3 is 0 Å². The minimum absolute atomic E-state index is 0. The van der Waals surface area contributed by atoms with Crippen molar-refractivity contribution >= 4 is 17.7 Å². The maximum atomic E-state index is 12.2. The number of amides is 1. The molecule has 0 saturated carbocycles. The number of pyridine rings is 1. The van der Waals surface area contributed by atoms with E-state index in [2.05, 4.69) is 74.1 Å². The zero-order valence-corrected chi connectivity index (χ0v) is 15.8. The standard InChI is InChI=1S/C19H23N2OS.ClH/c1-14(2)11-21-18(22)13-23-19(21)20-10-4-5-17(12-20)16-8-6-15(3)7-9-16;/h4-10,12,14,19H,11,13H2,1-3H3;1H/q+1;/p-1. The van der Waals surface area contributed by atoms with Crippen LogP contribution in [0.15, 0.2) is 48.8 Å². The number of aryl methyl sites for hydroxylation is 1. The molecular weight excluding hydrogens is 340 g/mol. The van der Waals surface area contributed by atoms with Crippen LogP contribution in [0.5, 0.6) is 0 Å². The Kier molecular flexibility index (Phi) is 6.30. The zero-order valence-electron chi connectivity index (χ0n) is 14.3. The number of thioether (sulfide) groups is 1. The Balaban J connectivity index is 0.00000208. The van der Waals surface area contributed by atoms with E-state index < -0.39 is 0 Å². The van der Waals surface area contributed by atoms with Gasteiger partial charge < -0.3 is 12.4 Å². The summed E-state index contributed by atoms with van der Waals surface area (Å²) < 4.78 is 2.16. The summed E-state index contributed by atoms with van der Waals surface area (Å²) in [6.45, 7) is 7.21. The largest absolute Gasteiger partial charge is 1.00 e. The fraction of sp³-hybridized carbons (Fsp3) is 0.368. The lowest BCUT2D eigenvalue weighted by Gasteiger charge is -2.21. The highest BCUT2D eigenvalue weighted by Crippen LogP contribution is 2.31. The third-order valence-corrected chi connectivity index (χ3v) is 5.18. The molecule has 1 aliphatic heterocycles. The normalized spacial score (nSPS) is 17.2. The SMILES string of the molecule is Cc1ccc(-c2ccc[n+](C3SCC(=O)N3CC(C)C)c2)cc1.[Cl-]. The molecule has 1 saturated heterocycles. The first-order valence-corrected chi connectivity index (χ1v) is 9.08. The second-order valence-corrected chi connectivity index (χ2v) is 7.53. The number of aromatic nitrogens is 1. The summed E-state index contributed by atoms with van der Waals surface area (Å²) >= 11 is 1.70. The Bertz CT molecular complexity index is 703. The molecule has 1 aliphatic rings. The molecule has 3 rings (SSSR count). The summed E-state index contributed by atoms with van der Waals surface area (Å²) in [7, 11) is 0. The van der Waals surface area contributed by atoms with Gasteiger partial charge in [-0.2, -0.15) is 4.57 Å². The van der Waals surface area contributed by atoms with Crippen LogP contribution in [0.2, 0.25) is 0 Å². The Morgan fingerprint density at radius 1 is 1.21 bits per heavy atom. The van der Waals surface area contributed by atoms with Crippen molar-refractivity contribution in [3.63, 3.8) is 0 Å². The smallest absolute Gasteiger partial charge is 0.285 e. The number of halogens is 1. The van der Waals surface area contributed by atoms with Crippen molar-refractivity contribution in [2.75, 3.05) is 12.3 Å². The molecule has 1 amide bonds. The molecule has 0 bridgehead atoms. The lowest BCUT2D eigenvalue weighted by Crippen LogP contribution is -3.00. The molecule has 5 heteroatoms. The average molecular weight is 363 g/mol. The summed E-state index contributed by atoms with van der Waals surface area (Å²) in [5.74, 6) is 1.28. The van der Waals surface area contributed by atoms with Crippen molar-refractivity contribution in [1.29, 1.82) is 0 Å². The van der Waals surface area contributed by atoms with Crippen molar-refractivity contribution in [3.8, 4) is 11.1 Å². The maximum absolute atomic E-state index is 12.2.